The summed E-state index contributed by atoms with van der Waals surface area (Å²) in [7, 11) is 1.50. The molecule has 7 nitrogen and oxygen atoms in total. The number of rotatable bonds is 9. The average Bonchev–Trinajstić information content (AvgIpc) is 2.70. The zero-order valence-corrected chi connectivity index (χ0v) is 18.4. The van der Waals surface area contributed by atoms with Crippen LogP contribution in [0.15, 0.2) is 12.1 Å². The highest BCUT2D eigenvalue weighted by atomic mass is 16.5. The Morgan fingerprint density at radius 3 is 2.58 bits per heavy atom. The van der Waals surface area contributed by atoms with Gasteiger partial charge in [0.25, 0.3) is 0 Å². The van der Waals surface area contributed by atoms with Crippen molar-refractivity contribution in [1.82, 2.24) is 0 Å². The number of hydrogen-bond acceptors (Lipinski definition) is 7. The number of ether oxygens (including phenoxy) is 2. The number of esters is 1. The van der Waals surface area contributed by atoms with Crippen molar-refractivity contribution in [3.8, 4) is 17.2 Å². The van der Waals surface area contributed by atoms with E-state index in [1.165, 1.54) is 7.11 Å². The van der Waals surface area contributed by atoms with Gasteiger partial charge in [0.2, 0.25) is 0 Å². The van der Waals surface area contributed by atoms with Gasteiger partial charge in [0.15, 0.2) is 0 Å². The molecule has 0 aromatic heterocycles. The highest BCUT2D eigenvalue weighted by Crippen LogP contribution is 2.44. The SMILES string of the molecule is CCCCCC(O)CC(O)CC1Cc2cc3cc(OC)c(C)c(O)c3c(O)c2C(=O)O1. The lowest BCUT2D eigenvalue weighted by Crippen LogP contribution is -2.32. The number of carbonyl (C=O) groups is 1. The summed E-state index contributed by atoms with van der Waals surface area (Å²) in [5, 5.41) is 42.5. The maximum atomic E-state index is 12.6. The molecule has 170 valence electrons. The summed E-state index contributed by atoms with van der Waals surface area (Å²) in [5.74, 6) is -0.663. The van der Waals surface area contributed by atoms with E-state index in [-0.39, 0.29) is 35.3 Å². The van der Waals surface area contributed by atoms with E-state index in [1.807, 2.05) is 0 Å². The molecule has 0 bridgehead atoms. The highest BCUT2D eigenvalue weighted by Gasteiger charge is 2.33. The Bertz CT molecular complexity index is 953. The van der Waals surface area contributed by atoms with Crippen molar-refractivity contribution in [2.45, 2.75) is 77.1 Å². The van der Waals surface area contributed by atoms with Crippen LogP contribution < -0.4 is 4.74 Å². The van der Waals surface area contributed by atoms with Gasteiger partial charge in [0.1, 0.15) is 28.9 Å². The molecule has 3 atom stereocenters. The molecule has 0 fully saturated rings. The van der Waals surface area contributed by atoms with E-state index >= 15 is 0 Å². The van der Waals surface area contributed by atoms with Crippen LogP contribution in [0.4, 0.5) is 0 Å². The third-order valence-corrected chi connectivity index (χ3v) is 6.03. The smallest absolute Gasteiger partial charge is 0.342 e. The van der Waals surface area contributed by atoms with Crippen LogP contribution in [0, 0.1) is 6.92 Å². The standard InChI is InChI=1S/C24H32O7/c1-4-5-6-7-16(25)11-17(26)12-18-9-14-8-15-10-19(30-3)13(2)22(27)20(15)23(28)21(14)24(29)31-18/h8,10,16-18,25-28H,4-7,9,11-12H2,1-3H3. The minimum absolute atomic E-state index is 0.0395. The molecule has 1 heterocycles. The van der Waals surface area contributed by atoms with Crippen LogP contribution in [-0.4, -0.2) is 51.8 Å². The van der Waals surface area contributed by atoms with Gasteiger partial charge in [-0.1, -0.05) is 26.2 Å². The first-order valence-electron chi connectivity index (χ1n) is 10.9. The Labute approximate surface area is 182 Å². The van der Waals surface area contributed by atoms with Crippen LogP contribution in [0.1, 0.15) is 66.9 Å². The monoisotopic (exact) mass is 432 g/mol. The summed E-state index contributed by atoms with van der Waals surface area (Å²) >= 11 is 0. The zero-order chi connectivity index (χ0) is 22.7. The summed E-state index contributed by atoms with van der Waals surface area (Å²) in [4.78, 5) is 12.6. The van der Waals surface area contributed by atoms with E-state index in [9.17, 15) is 25.2 Å². The van der Waals surface area contributed by atoms with Crippen molar-refractivity contribution in [2.75, 3.05) is 7.11 Å². The van der Waals surface area contributed by atoms with E-state index in [2.05, 4.69) is 6.92 Å². The number of fused-ring (bicyclic) bond motifs is 2. The van der Waals surface area contributed by atoms with Crippen molar-refractivity contribution in [2.24, 2.45) is 0 Å². The third-order valence-electron chi connectivity index (χ3n) is 6.03. The number of methoxy groups -OCH3 is 1. The number of phenolic OH excluding ortho intramolecular Hbond substituents is 2. The van der Waals surface area contributed by atoms with Gasteiger partial charge in [-0.2, -0.15) is 0 Å². The minimum Gasteiger partial charge on any atom is -0.507 e. The Kier molecular flexibility index (Phi) is 7.28. The van der Waals surface area contributed by atoms with Crippen LogP contribution in [0.25, 0.3) is 10.8 Å². The molecule has 2 aromatic rings. The van der Waals surface area contributed by atoms with E-state index in [0.29, 0.717) is 35.1 Å². The Balaban J connectivity index is 1.80. The summed E-state index contributed by atoms with van der Waals surface area (Å²) in [5.41, 5.74) is 1.10. The number of hydrogen-bond donors (Lipinski definition) is 4. The first-order chi connectivity index (χ1) is 14.8. The van der Waals surface area contributed by atoms with Gasteiger partial charge in [-0.3, -0.25) is 0 Å². The molecule has 2 aromatic carbocycles. The number of aliphatic hydroxyl groups is 2. The quantitative estimate of drug-likeness (QED) is 0.352. The number of aromatic hydroxyl groups is 2. The summed E-state index contributed by atoms with van der Waals surface area (Å²) < 4.78 is 10.8. The molecule has 0 spiro atoms. The second-order valence-corrected chi connectivity index (χ2v) is 8.42. The molecular weight excluding hydrogens is 400 g/mol. The van der Waals surface area contributed by atoms with Crippen molar-refractivity contribution in [3.63, 3.8) is 0 Å². The number of unbranched alkanes of at least 4 members (excludes halogenated alkanes) is 2. The van der Waals surface area contributed by atoms with Crippen LogP contribution >= 0.6 is 0 Å². The molecule has 0 saturated heterocycles. The fourth-order valence-corrected chi connectivity index (χ4v) is 4.35. The van der Waals surface area contributed by atoms with Crippen LogP contribution in [-0.2, 0) is 11.2 Å². The summed E-state index contributed by atoms with van der Waals surface area (Å²) in [6, 6.07) is 3.45. The van der Waals surface area contributed by atoms with Gasteiger partial charge >= 0.3 is 5.97 Å². The predicted molar refractivity (Wildman–Crippen MR) is 117 cm³/mol. The molecular formula is C24H32O7. The second-order valence-electron chi connectivity index (χ2n) is 8.42. The zero-order valence-electron chi connectivity index (χ0n) is 18.4. The molecule has 0 radical (unpaired) electrons. The molecule has 0 aliphatic carbocycles. The summed E-state index contributed by atoms with van der Waals surface area (Å²) in [6.45, 7) is 3.76. The van der Waals surface area contributed by atoms with E-state index in [0.717, 1.165) is 19.3 Å². The van der Waals surface area contributed by atoms with E-state index < -0.39 is 24.3 Å². The molecule has 0 amide bonds. The number of carbonyl (C=O) groups excluding carboxylic acids is 1. The third kappa shape index (κ3) is 4.88. The van der Waals surface area contributed by atoms with Crippen molar-refractivity contribution in [1.29, 1.82) is 0 Å². The first-order valence-corrected chi connectivity index (χ1v) is 10.9. The van der Waals surface area contributed by atoms with Crippen molar-refractivity contribution in [3.05, 3.63) is 28.8 Å². The normalized spacial score (nSPS) is 17.8. The topological polar surface area (TPSA) is 116 Å². The number of aliphatic hydroxyl groups excluding tert-OH is 2. The lowest BCUT2D eigenvalue weighted by atomic mass is 9.90. The molecule has 4 N–H and O–H groups in total. The van der Waals surface area contributed by atoms with E-state index in [4.69, 9.17) is 9.47 Å². The lowest BCUT2D eigenvalue weighted by Gasteiger charge is -2.28. The fraction of sp³-hybridized carbons (Fsp3) is 0.542. The highest BCUT2D eigenvalue weighted by molar-refractivity contribution is 6.06. The molecule has 1 aliphatic rings. The lowest BCUT2D eigenvalue weighted by molar-refractivity contribution is 0.000735. The van der Waals surface area contributed by atoms with Gasteiger partial charge in [0, 0.05) is 18.4 Å². The number of benzene rings is 2. The number of phenols is 2. The van der Waals surface area contributed by atoms with Crippen LogP contribution in [0.5, 0.6) is 17.2 Å². The molecule has 1 aliphatic heterocycles. The largest absolute Gasteiger partial charge is 0.507 e. The van der Waals surface area contributed by atoms with Gasteiger partial charge < -0.3 is 29.9 Å². The Hall–Kier alpha value is -2.51. The van der Waals surface area contributed by atoms with Gasteiger partial charge in [-0.15, -0.1) is 0 Å². The van der Waals surface area contributed by atoms with E-state index in [1.54, 1.807) is 19.1 Å². The number of cyclic esters (lactones) is 1. The van der Waals surface area contributed by atoms with Crippen molar-refractivity contribution >= 4 is 16.7 Å². The van der Waals surface area contributed by atoms with Gasteiger partial charge in [-0.05, 0) is 42.8 Å². The Morgan fingerprint density at radius 1 is 1.16 bits per heavy atom. The van der Waals surface area contributed by atoms with Gasteiger partial charge in [0.05, 0.1) is 24.7 Å². The second kappa shape index (κ2) is 9.75. The maximum Gasteiger partial charge on any atom is 0.342 e. The van der Waals surface area contributed by atoms with Crippen molar-refractivity contribution < 1.29 is 34.7 Å². The van der Waals surface area contributed by atoms with Crippen LogP contribution in [0.2, 0.25) is 0 Å². The molecule has 0 saturated carbocycles. The maximum absolute atomic E-state index is 12.6. The summed E-state index contributed by atoms with van der Waals surface area (Å²) in [6.07, 6.45) is 2.49. The first kappa shape index (κ1) is 23.2. The molecule has 3 rings (SSSR count). The average molecular weight is 433 g/mol. The fourth-order valence-electron chi connectivity index (χ4n) is 4.35. The molecule has 3 unspecified atom stereocenters. The molecule has 7 heteroatoms. The predicted octanol–water partition coefficient (Wildman–Crippen LogP) is 3.73. The Morgan fingerprint density at radius 2 is 1.90 bits per heavy atom. The molecule has 31 heavy (non-hydrogen) atoms. The van der Waals surface area contributed by atoms with Gasteiger partial charge in [-0.25, -0.2) is 4.79 Å². The minimum atomic E-state index is -0.795. The van der Waals surface area contributed by atoms with Crippen LogP contribution in [0.3, 0.4) is 0 Å².